The lowest BCUT2D eigenvalue weighted by atomic mass is 9.81. The fourth-order valence-corrected chi connectivity index (χ4v) is 3.21. The summed E-state index contributed by atoms with van der Waals surface area (Å²) >= 11 is 0. The third-order valence-electron chi connectivity index (χ3n) is 3.89. The van der Waals surface area contributed by atoms with Gasteiger partial charge in [0.1, 0.15) is 6.10 Å². The minimum atomic E-state index is 0.0150. The van der Waals surface area contributed by atoms with E-state index < -0.39 is 0 Å². The Morgan fingerprint density at radius 1 is 1.45 bits per heavy atom. The topological polar surface area (TPSA) is 26.3 Å². The smallest absolute Gasteiger partial charge is 0.165 e. The molecule has 0 amide bonds. The van der Waals surface area contributed by atoms with Crippen molar-refractivity contribution in [1.82, 2.24) is 0 Å². The van der Waals surface area contributed by atoms with Gasteiger partial charge in [0.05, 0.1) is 6.61 Å². The van der Waals surface area contributed by atoms with E-state index in [0.29, 0.717) is 29.5 Å². The highest BCUT2D eigenvalue weighted by Gasteiger charge is 2.60. The summed E-state index contributed by atoms with van der Waals surface area (Å²) < 4.78 is 5.46. The number of hydrogen-bond acceptors (Lipinski definition) is 2. The number of rotatable bonds is 0. The molecule has 0 aromatic carbocycles. The van der Waals surface area contributed by atoms with E-state index in [1.165, 1.54) is 0 Å². The average Bonchev–Trinajstić information content (AvgIpc) is 2.53. The number of ether oxygens (including phenoxy) is 1. The highest BCUT2D eigenvalue weighted by Crippen LogP contribution is 2.54. The van der Waals surface area contributed by atoms with Crippen molar-refractivity contribution in [3.8, 4) is 0 Å². The Balaban J connectivity index is 2.07. The van der Waals surface area contributed by atoms with Crippen molar-refractivity contribution in [2.24, 2.45) is 23.7 Å². The molecule has 11 heavy (non-hydrogen) atoms. The van der Waals surface area contributed by atoms with Gasteiger partial charge in [0.15, 0.2) is 5.78 Å². The minimum absolute atomic E-state index is 0.0150. The highest BCUT2D eigenvalue weighted by molar-refractivity contribution is 5.90. The number of carbonyl (C=O) groups is 1. The van der Waals surface area contributed by atoms with Crippen LogP contribution in [0.15, 0.2) is 0 Å². The summed E-state index contributed by atoms with van der Waals surface area (Å²) in [7, 11) is 0. The van der Waals surface area contributed by atoms with Crippen LogP contribution in [-0.2, 0) is 9.53 Å². The first kappa shape index (κ1) is 6.18. The van der Waals surface area contributed by atoms with Crippen molar-refractivity contribution in [3.05, 3.63) is 0 Å². The standard InChI is InChI=1S/C9H12O2/c1-4-5-2-6-7(4)3-11-9(6)8(5)10/h4-7,9H,2-3H2,1H3/t4-,5-,6+,7-,9-/m1/s1. The summed E-state index contributed by atoms with van der Waals surface area (Å²) in [6, 6.07) is 0. The lowest BCUT2D eigenvalue weighted by Gasteiger charge is -2.21. The van der Waals surface area contributed by atoms with Crippen molar-refractivity contribution < 1.29 is 9.53 Å². The molecule has 0 radical (unpaired) electrons. The molecule has 60 valence electrons. The van der Waals surface area contributed by atoms with Crippen molar-refractivity contribution in [1.29, 1.82) is 0 Å². The van der Waals surface area contributed by atoms with E-state index in [0.717, 1.165) is 13.0 Å². The summed E-state index contributed by atoms with van der Waals surface area (Å²) in [5.74, 6) is 2.67. The molecular formula is C9H12O2. The SMILES string of the molecule is C[C@H]1[C@H]2CO[C@H]3C(=O)[C@@H]1C[C@@H]23. The summed E-state index contributed by atoms with van der Waals surface area (Å²) in [5, 5.41) is 0. The maximum absolute atomic E-state index is 11.5. The van der Waals surface area contributed by atoms with E-state index in [4.69, 9.17) is 4.74 Å². The maximum Gasteiger partial charge on any atom is 0.165 e. The second-order valence-electron chi connectivity index (χ2n) is 4.19. The van der Waals surface area contributed by atoms with Crippen molar-refractivity contribution in [2.45, 2.75) is 19.4 Å². The van der Waals surface area contributed by atoms with Gasteiger partial charge in [-0.05, 0) is 24.2 Å². The van der Waals surface area contributed by atoms with Gasteiger partial charge in [-0.15, -0.1) is 0 Å². The van der Waals surface area contributed by atoms with Crippen LogP contribution < -0.4 is 0 Å². The van der Waals surface area contributed by atoms with Crippen LogP contribution in [0.1, 0.15) is 13.3 Å². The molecule has 0 aromatic heterocycles. The van der Waals surface area contributed by atoms with Crippen LogP contribution in [0.2, 0.25) is 0 Å². The third-order valence-corrected chi connectivity index (χ3v) is 3.89. The van der Waals surface area contributed by atoms with E-state index in [1.54, 1.807) is 0 Å². The van der Waals surface area contributed by atoms with Gasteiger partial charge < -0.3 is 4.74 Å². The molecular weight excluding hydrogens is 140 g/mol. The van der Waals surface area contributed by atoms with Crippen molar-refractivity contribution >= 4 is 5.78 Å². The van der Waals surface area contributed by atoms with Crippen LogP contribution in [-0.4, -0.2) is 18.5 Å². The molecule has 3 fully saturated rings. The van der Waals surface area contributed by atoms with Gasteiger partial charge in [0.2, 0.25) is 0 Å². The lowest BCUT2D eigenvalue weighted by molar-refractivity contribution is -0.130. The Hall–Kier alpha value is -0.370. The van der Waals surface area contributed by atoms with E-state index in [-0.39, 0.29) is 6.10 Å². The van der Waals surface area contributed by atoms with Gasteiger partial charge in [-0.3, -0.25) is 4.79 Å². The molecule has 5 atom stereocenters. The Kier molecular flexibility index (Phi) is 0.947. The normalized spacial score (nSPS) is 59.4. The molecule has 0 N–H and O–H groups in total. The zero-order valence-electron chi connectivity index (χ0n) is 6.62. The first-order valence-corrected chi connectivity index (χ1v) is 4.44. The van der Waals surface area contributed by atoms with E-state index in [2.05, 4.69) is 6.92 Å². The van der Waals surface area contributed by atoms with E-state index >= 15 is 0 Å². The fourth-order valence-electron chi connectivity index (χ4n) is 3.21. The number of ketones is 1. The van der Waals surface area contributed by atoms with Gasteiger partial charge in [-0.25, -0.2) is 0 Å². The number of Topliss-reactive ketones (excluding diaryl/α,β-unsaturated/α-hetero) is 1. The second kappa shape index (κ2) is 1.69. The molecule has 1 saturated heterocycles. The zero-order chi connectivity index (χ0) is 7.59. The molecule has 0 aromatic rings. The maximum atomic E-state index is 11.5. The lowest BCUT2D eigenvalue weighted by Crippen LogP contribution is -2.31. The van der Waals surface area contributed by atoms with Gasteiger partial charge in [0.25, 0.3) is 0 Å². The molecule has 3 aliphatic rings. The molecule has 1 aliphatic heterocycles. The van der Waals surface area contributed by atoms with Crippen LogP contribution in [0.5, 0.6) is 0 Å². The highest BCUT2D eigenvalue weighted by atomic mass is 16.5. The second-order valence-corrected chi connectivity index (χ2v) is 4.19. The fraction of sp³-hybridized carbons (Fsp3) is 0.889. The van der Waals surface area contributed by atoms with Gasteiger partial charge >= 0.3 is 0 Å². The summed E-state index contributed by atoms with van der Waals surface area (Å²) in [4.78, 5) is 11.5. The van der Waals surface area contributed by atoms with Crippen molar-refractivity contribution in [3.63, 3.8) is 0 Å². The predicted octanol–water partition coefficient (Wildman–Crippen LogP) is 0.856. The average molecular weight is 152 g/mol. The Morgan fingerprint density at radius 2 is 2.27 bits per heavy atom. The predicted molar refractivity (Wildman–Crippen MR) is 39.0 cm³/mol. The molecule has 3 rings (SSSR count). The minimum Gasteiger partial charge on any atom is -0.370 e. The van der Waals surface area contributed by atoms with Crippen molar-refractivity contribution in [2.75, 3.05) is 6.61 Å². The molecule has 0 unspecified atom stereocenters. The van der Waals surface area contributed by atoms with Crippen LogP contribution in [0.25, 0.3) is 0 Å². The van der Waals surface area contributed by atoms with Gasteiger partial charge in [-0.2, -0.15) is 0 Å². The third kappa shape index (κ3) is 0.527. The molecule has 2 bridgehead atoms. The zero-order valence-corrected chi connectivity index (χ0v) is 6.62. The monoisotopic (exact) mass is 152 g/mol. The summed E-state index contributed by atoms with van der Waals surface area (Å²) in [5.41, 5.74) is 0. The van der Waals surface area contributed by atoms with Crippen LogP contribution in [0.3, 0.4) is 0 Å². The van der Waals surface area contributed by atoms with E-state index in [1.807, 2.05) is 0 Å². The first-order valence-electron chi connectivity index (χ1n) is 4.44. The molecule has 2 nitrogen and oxygen atoms in total. The summed E-state index contributed by atoms with van der Waals surface area (Å²) in [6.45, 7) is 3.05. The molecule has 2 heteroatoms. The molecule has 0 spiro atoms. The van der Waals surface area contributed by atoms with Gasteiger partial charge in [0, 0.05) is 5.92 Å². The number of fused-ring (bicyclic) bond motifs is 1. The Morgan fingerprint density at radius 3 is 3.00 bits per heavy atom. The largest absolute Gasteiger partial charge is 0.370 e. The molecule has 2 aliphatic carbocycles. The first-order chi connectivity index (χ1) is 5.29. The van der Waals surface area contributed by atoms with Crippen LogP contribution in [0, 0.1) is 23.7 Å². The van der Waals surface area contributed by atoms with E-state index in [9.17, 15) is 4.79 Å². The Labute approximate surface area is 65.9 Å². The quantitative estimate of drug-likeness (QED) is 0.514. The summed E-state index contributed by atoms with van der Waals surface area (Å²) in [6.07, 6.45) is 1.14. The number of hydrogen-bond donors (Lipinski definition) is 0. The van der Waals surface area contributed by atoms with Crippen LogP contribution in [0.4, 0.5) is 0 Å². The molecule has 2 saturated carbocycles. The molecule has 1 heterocycles. The number of carbonyl (C=O) groups excluding carboxylic acids is 1. The van der Waals surface area contributed by atoms with Gasteiger partial charge in [-0.1, -0.05) is 6.92 Å². The van der Waals surface area contributed by atoms with Crippen LogP contribution >= 0.6 is 0 Å². The Bertz CT molecular complexity index is 224.